The zero-order chi connectivity index (χ0) is 20.5. The Kier molecular flexibility index (Phi) is 7.67. The molecule has 6 N–H and O–H groups in total. The Morgan fingerprint density at radius 2 is 1.57 bits per heavy atom. The molecule has 0 heterocycles. The standard InChI is InChI=1S/C20H24N4O4/c1-2-22-18(25)11-13-3-5-14(6-4-13)15-7-9-16(10-8-15)19(26)23-17(12-21)20(27)24-28/h3-10,17,28H,2,11-12,21H2,1H3,(H,22,25)(H,23,26)(H,24,27)/t17-/m0/s1. The maximum atomic E-state index is 12.2. The Morgan fingerprint density at radius 1 is 1.00 bits per heavy atom. The number of hydrogen-bond acceptors (Lipinski definition) is 5. The first-order chi connectivity index (χ1) is 13.5. The van der Waals surface area contributed by atoms with E-state index in [2.05, 4.69) is 10.6 Å². The maximum Gasteiger partial charge on any atom is 0.267 e. The van der Waals surface area contributed by atoms with Gasteiger partial charge in [0, 0.05) is 18.7 Å². The van der Waals surface area contributed by atoms with Gasteiger partial charge in [-0.2, -0.15) is 0 Å². The lowest BCUT2D eigenvalue weighted by molar-refractivity contribution is -0.130. The molecule has 0 bridgehead atoms. The van der Waals surface area contributed by atoms with E-state index in [-0.39, 0.29) is 12.5 Å². The third kappa shape index (κ3) is 5.63. The van der Waals surface area contributed by atoms with Crippen molar-refractivity contribution in [3.05, 3.63) is 59.7 Å². The van der Waals surface area contributed by atoms with Crippen molar-refractivity contribution in [1.82, 2.24) is 16.1 Å². The molecule has 0 aromatic heterocycles. The van der Waals surface area contributed by atoms with Gasteiger partial charge in [0.2, 0.25) is 5.91 Å². The van der Waals surface area contributed by atoms with Crippen molar-refractivity contribution in [2.24, 2.45) is 5.73 Å². The van der Waals surface area contributed by atoms with Crippen LogP contribution in [-0.4, -0.2) is 42.1 Å². The predicted molar refractivity (Wildman–Crippen MR) is 105 cm³/mol. The Labute approximate surface area is 163 Å². The molecule has 148 valence electrons. The molecule has 0 saturated carbocycles. The van der Waals surface area contributed by atoms with Crippen LogP contribution in [0.2, 0.25) is 0 Å². The lowest BCUT2D eigenvalue weighted by Crippen LogP contribution is -2.50. The van der Waals surface area contributed by atoms with E-state index in [9.17, 15) is 14.4 Å². The number of nitrogens with one attached hydrogen (secondary N) is 3. The van der Waals surface area contributed by atoms with E-state index in [0.29, 0.717) is 18.5 Å². The van der Waals surface area contributed by atoms with Crippen LogP contribution in [-0.2, 0) is 16.0 Å². The van der Waals surface area contributed by atoms with Gasteiger partial charge < -0.3 is 16.4 Å². The Bertz CT molecular complexity index is 819. The van der Waals surface area contributed by atoms with E-state index in [1.165, 1.54) is 5.48 Å². The van der Waals surface area contributed by atoms with Crippen LogP contribution in [0.3, 0.4) is 0 Å². The first kappa shape index (κ1) is 21.1. The monoisotopic (exact) mass is 384 g/mol. The average molecular weight is 384 g/mol. The fraction of sp³-hybridized carbons (Fsp3) is 0.250. The molecule has 8 heteroatoms. The summed E-state index contributed by atoms with van der Waals surface area (Å²) in [6, 6.07) is 13.5. The molecule has 0 aliphatic rings. The van der Waals surface area contributed by atoms with Crippen molar-refractivity contribution < 1.29 is 19.6 Å². The lowest BCUT2D eigenvalue weighted by Gasteiger charge is -2.14. The van der Waals surface area contributed by atoms with Crippen LogP contribution in [0.15, 0.2) is 48.5 Å². The van der Waals surface area contributed by atoms with Gasteiger partial charge in [-0.15, -0.1) is 0 Å². The third-order valence-corrected chi connectivity index (χ3v) is 4.14. The summed E-state index contributed by atoms with van der Waals surface area (Å²) in [5.41, 5.74) is 10.0. The molecule has 28 heavy (non-hydrogen) atoms. The average Bonchev–Trinajstić information content (AvgIpc) is 2.72. The number of hydrogen-bond donors (Lipinski definition) is 5. The van der Waals surface area contributed by atoms with Gasteiger partial charge in [-0.1, -0.05) is 36.4 Å². The first-order valence-corrected chi connectivity index (χ1v) is 8.89. The summed E-state index contributed by atoms with van der Waals surface area (Å²) in [6.45, 7) is 2.34. The van der Waals surface area contributed by atoms with Gasteiger partial charge in [-0.05, 0) is 35.7 Å². The Balaban J connectivity index is 2.04. The molecule has 0 saturated heterocycles. The molecule has 2 aromatic carbocycles. The zero-order valence-electron chi connectivity index (χ0n) is 15.6. The van der Waals surface area contributed by atoms with Crippen LogP contribution in [0, 0.1) is 0 Å². The second-order valence-electron chi connectivity index (χ2n) is 6.14. The number of carbonyl (C=O) groups is 3. The fourth-order valence-corrected chi connectivity index (χ4v) is 2.63. The molecule has 2 rings (SSSR count). The summed E-state index contributed by atoms with van der Waals surface area (Å²) in [5.74, 6) is -1.26. The quantitative estimate of drug-likeness (QED) is 0.336. The van der Waals surface area contributed by atoms with Crippen LogP contribution in [0.4, 0.5) is 0 Å². The molecule has 0 aliphatic heterocycles. The number of benzene rings is 2. The van der Waals surface area contributed by atoms with Gasteiger partial charge in [0.15, 0.2) is 0 Å². The van der Waals surface area contributed by atoms with E-state index in [0.717, 1.165) is 16.7 Å². The predicted octanol–water partition coefficient (Wildman–Crippen LogP) is 0.595. The third-order valence-electron chi connectivity index (χ3n) is 4.14. The number of amides is 3. The van der Waals surface area contributed by atoms with Crippen LogP contribution < -0.4 is 21.8 Å². The van der Waals surface area contributed by atoms with E-state index < -0.39 is 17.9 Å². The van der Waals surface area contributed by atoms with Crippen molar-refractivity contribution in [3.63, 3.8) is 0 Å². The SMILES string of the molecule is CCNC(=O)Cc1ccc(-c2ccc(C(=O)N[C@@H](CN)C(=O)NO)cc2)cc1. The lowest BCUT2D eigenvalue weighted by atomic mass is 10.0. The van der Waals surface area contributed by atoms with Gasteiger partial charge in [-0.25, -0.2) is 5.48 Å². The van der Waals surface area contributed by atoms with E-state index in [1.807, 2.05) is 31.2 Å². The van der Waals surface area contributed by atoms with Gasteiger partial charge in [0.05, 0.1) is 6.42 Å². The summed E-state index contributed by atoms with van der Waals surface area (Å²) >= 11 is 0. The highest BCUT2D eigenvalue weighted by molar-refractivity contribution is 5.97. The van der Waals surface area contributed by atoms with Crippen molar-refractivity contribution in [3.8, 4) is 11.1 Å². The molecule has 3 amide bonds. The van der Waals surface area contributed by atoms with Crippen LogP contribution in [0.5, 0.6) is 0 Å². The van der Waals surface area contributed by atoms with Crippen LogP contribution >= 0.6 is 0 Å². The molecule has 0 spiro atoms. The summed E-state index contributed by atoms with van der Waals surface area (Å²) in [6.07, 6.45) is 0.330. The molecular weight excluding hydrogens is 360 g/mol. The van der Waals surface area contributed by atoms with Gasteiger partial charge in [0.25, 0.3) is 11.8 Å². The second kappa shape index (κ2) is 10.2. The van der Waals surface area contributed by atoms with Crippen LogP contribution in [0.25, 0.3) is 11.1 Å². The van der Waals surface area contributed by atoms with Gasteiger partial charge >= 0.3 is 0 Å². The number of carbonyl (C=O) groups excluding carboxylic acids is 3. The minimum absolute atomic E-state index is 0.0173. The Hall–Kier alpha value is -3.23. The van der Waals surface area contributed by atoms with Gasteiger partial charge in [-0.3, -0.25) is 19.6 Å². The van der Waals surface area contributed by atoms with Gasteiger partial charge in [0.1, 0.15) is 6.04 Å². The summed E-state index contributed by atoms with van der Waals surface area (Å²) < 4.78 is 0. The number of nitrogens with two attached hydrogens (primary N) is 1. The highest BCUT2D eigenvalue weighted by Crippen LogP contribution is 2.20. The molecule has 0 fully saturated rings. The van der Waals surface area contributed by atoms with E-state index in [4.69, 9.17) is 10.9 Å². The normalized spacial score (nSPS) is 11.4. The first-order valence-electron chi connectivity index (χ1n) is 8.89. The largest absolute Gasteiger partial charge is 0.356 e. The van der Waals surface area contributed by atoms with E-state index in [1.54, 1.807) is 24.3 Å². The molecule has 0 unspecified atom stereocenters. The zero-order valence-corrected chi connectivity index (χ0v) is 15.6. The van der Waals surface area contributed by atoms with Crippen molar-refractivity contribution in [2.45, 2.75) is 19.4 Å². The van der Waals surface area contributed by atoms with E-state index >= 15 is 0 Å². The highest BCUT2D eigenvalue weighted by atomic mass is 16.5. The molecule has 8 nitrogen and oxygen atoms in total. The molecule has 0 aliphatic carbocycles. The highest BCUT2D eigenvalue weighted by Gasteiger charge is 2.19. The minimum Gasteiger partial charge on any atom is -0.356 e. The molecule has 1 atom stereocenters. The fourth-order valence-electron chi connectivity index (χ4n) is 2.63. The van der Waals surface area contributed by atoms with Crippen molar-refractivity contribution >= 4 is 17.7 Å². The molecule has 0 radical (unpaired) electrons. The molecule has 2 aromatic rings. The smallest absolute Gasteiger partial charge is 0.267 e. The summed E-state index contributed by atoms with van der Waals surface area (Å²) in [4.78, 5) is 35.2. The van der Waals surface area contributed by atoms with Crippen LogP contribution in [0.1, 0.15) is 22.8 Å². The van der Waals surface area contributed by atoms with Crippen molar-refractivity contribution in [2.75, 3.05) is 13.1 Å². The topological polar surface area (TPSA) is 134 Å². The minimum atomic E-state index is -1.02. The Morgan fingerprint density at radius 3 is 2.07 bits per heavy atom. The second-order valence-corrected chi connectivity index (χ2v) is 6.14. The van der Waals surface area contributed by atoms with Crippen molar-refractivity contribution in [1.29, 1.82) is 0 Å². The molecular formula is C20H24N4O4. The summed E-state index contributed by atoms with van der Waals surface area (Å²) in [7, 11) is 0. The maximum absolute atomic E-state index is 12.2. The number of hydroxylamine groups is 1. The summed E-state index contributed by atoms with van der Waals surface area (Å²) in [5, 5.41) is 13.9. The number of likely N-dealkylation sites (N-methyl/N-ethyl adjacent to an activating group) is 1. The number of rotatable bonds is 8.